The van der Waals surface area contributed by atoms with E-state index in [9.17, 15) is 4.79 Å². The first-order valence-electron chi connectivity index (χ1n) is 6.94. The van der Waals surface area contributed by atoms with Gasteiger partial charge in [-0.05, 0) is 43.0 Å². The minimum atomic E-state index is 0.0409. The summed E-state index contributed by atoms with van der Waals surface area (Å²) in [7, 11) is 1.88. The topological polar surface area (TPSA) is 33.2 Å². The van der Waals surface area contributed by atoms with E-state index in [4.69, 9.17) is 0 Å². The van der Waals surface area contributed by atoms with E-state index in [1.807, 2.05) is 37.1 Å². The van der Waals surface area contributed by atoms with Crippen LogP contribution in [0.3, 0.4) is 0 Å². The van der Waals surface area contributed by atoms with E-state index in [-0.39, 0.29) is 11.9 Å². The molecule has 1 aromatic heterocycles. The number of fused-ring (bicyclic) bond motifs is 1. The lowest BCUT2D eigenvalue weighted by Crippen LogP contribution is -2.30. The number of carbonyl (C=O) groups excluding carboxylic acids is 1. The highest BCUT2D eigenvalue weighted by atomic mass is 16.2. The van der Waals surface area contributed by atoms with Crippen LogP contribution in [0.2, 0.25) is 0 Å². The summed E-state index contributed by atoms with van der Waals surface area (Å²) in [5.74, 6) is 0.0409. The van der Waals surface area contributed by atoms with Crippen molar-refractivity contribution in [3.05, 3.63) is 65.0 Å². The fourth-order valence-corrected chi connectivity index (χ4v) is 2.88. The Kier molecular flexibility index (Phi) is 3.26. The molecule has 0 saturated heterocycles. The first kappa shape index (κ1) is 12.9. The monoisotopic (exact) mass is 266 g/mol. The Morgan fingerprint density at radius 2 is 2.05 bits per heavy atom. The van der Waals surface area contributed by atoms with Crippen LogP contribution >= 0.6 is 0 Å². The van der Waals surface area contributed by atoms with Gasteiger partial charge in [-0.1, -0.05) is 24.3 Å². The zero-order valence-corrected chi connectivity index (χ0v) is 11.8. The van der Waals surface area contributed by atoms with E-state index in [1.54, 1.807) is 6.20 Å². The number of hydrogen-bond donors (Lipinski definition) is 0. The maximum atomic E-state index is 12.5. The highest BCUT2D eigenvalue weighted by molar-refractivity contribution is 5.94. The number of hydrogen-bond acceptors (Lipinski definition) is 2. The number of rotatable bonds is 2. The van der Waals surface area contributed by atoms with Crippen LogP contribution in [0.15, 0.2) is 42.6 Å². The molecule has 3 nitrogen and oxygen atoms in total. The molecule has 102 valence electrons. The van der Waals surface area contributed by atoms with Crippen LogP contribution in [0.5, 0.6) is 0 Å². The number of aromatic nitrogens is 1. The van der Waals surface area contributed by atoms with Crippen molar-refractivity contribution in [2.45, 2.75) is 25.8 Å². The first-order valence-corrected chi connectivity index (χ1v) is 6.94. The Morgan fingerprint density at radius 3 is 2.80 bits per heavy atom. The number of amides is 1. The molecule has 1 amide bonds. The largest absolute Gasteiger partial charge is 0.335 e. The van der Waals surface area contributed by atoms with Crippen molar-refractivity contribution in [2.75, 3.05) is 7.05 Å². The summed E-state index contributed by atoms with van der Waals surface area (Å²) in [6, 6.07) is 12.3. The molecule has 1 heterocycles. The van der Waals surface area contributed by atoms with Gasteiger partial charge in [-0.25, -0.2) is 0 Å². The van der Waals surface area contributed by atoms with Crippen molar-refractivity contribution in [3.63, 3.8) is 0 Å². The highest BCUT2D eigenvalue weighted by Gasteiger charge is 2.28. The molecule has 20 heavy (non-hydrogen) atoms. The van der Waals surface area contributed by atoms with Gasteiger partial charge in [0, 0.05) is 18.9 Å². The molecule has 0 radical (unpaired) electrons. The zero-order valence-electron chi connectivity index (χ0n) is 11.8. The molecule has 0 spiro atoms. The third-order valence-electron chi connectivity index (χ3n) is 4.05. The van der Waals surface area contributed by atoms with Crippen LogP contribution in [-0.4, -0.2) is 22.8 Å². The second-order valence-electron chi connectivity index (χ2n) is 5.36. The van der Waals surface area contributed by atoms with Crippen LogP contribution < -0.4 is 0 Å². The smallest absolute Gasteiger partial charge is 0.255 e. The van der Waals surface area contributed by atoms with Crippen molar-refractivity contribution in [3.8, 4) is 0 Å². The minimum absolute atomic E-state index is 0.0409. The van der Waals surface area contributed by atoms with Crippen LogP contribution in [0, 0.1) is 6.92 Å². The molecule has 0 bridgehead atoms. The van der Waals surface area contributed by atoms with Crippen molar-refractivity contribution >= 4 is 5.91 Å². The van der Waals surface area contributed by atoms with Gasteiger partial charge in [0.1, 0.15) is 0 Å². The van der Waals surface area contributed by atoms with Gasteiger partial charge in [0.25, 0.3) is 5.91 Å². The predicted octanol–water partition coefficient (Wildman–Crippen LogP) is 3.15. The van der Waals surface area contributed by atoms with Gasteiger partial charge in [-0.2, -0.15) is 0 Å². The maximum absolute atomic E-state index is 12.5. The predicted molar refractivity (Wildman–Crippen MR) is 78.6 cm³/mol. The standard InChI is InChI=1S/C17H18N2O/c1-12-7-8-14(11-18-12)17(20)19(2)16-10-9-13-5-3-4-6-15(13)16/h3-8,11,16H,9-10H2,1-2H3. The van der Waals surface area contributed by atoms with Gasteiger partial charge in [0.05, 0.1) is 11.6 Å². The van der Waals surface area contributed by atoms with Crippen molar-refractivity contribution in [2.24, 2.45) is 0 Å². The fourth-order valence-electron chi connectivity index (χ4n) is 2.88. The Balaban J connectivity index is 1.85. The highest BCUT2D eigenvalue weighted by Crippen LogP contribution is 2.35. The summed E-state index contributed by atoms with van der Waals surface area (Å²) >= 11 is 0. The lowest BCUT2D eigenvalue weighted by Gasteiger charge is -2.25. The van der Waals surface area contributed by atoms with Crippen molar-refractivity contribution < 1.29 is 4.79 Å². The lowest BCUT2D eigenvalue weighted by atomic mass is 10.1. The average Bonchev–Trinajstić information content (AvgIpc) is 2.90. The van der Waals surface area contributed by atoms with E-state index in [0.29, 0.717) is 5.56 Å². The van der Waals surface area contributed by atoms with E-state index < -0.39 is 0 Å². The van der Waals surface area contributed by atoms with E-state index in [1.165, 1.54) is 11.1 Å². The second-order valence-corrected chi connectivity index (χ2v) is 5.36. The van der Waals surface area contributed by atoms with Crippen LogP contribution in [0.25, 0.3) is 0 Å². The lowest BCUT2D eigenvalue weighted by molar-refractivity contribution is 0.0730. The summed E-state index contributed by atoms with van der Waals surface area (Å²) in [6.07, 6.45) is 3.71. The summed E-state index contributed by atoms with van der Waals surface area (Å²) in [5.41, 5.74) is 4.22. The first-order chi connectivity index (χ1) is 9.66. The fraction of sp³-hybridized carbons (Fsp3) is 0.294. The van der Waals surface area contributed by atoms with Gasteiger partial charge in [-0.15, -0.1) is 0 Å². The Labute approximate surface area is 119 Å². The summed E-state index contributed by atoms with van der Waals surface area (Å²) in [4.78, 5) is 18.6. The third kappa shape index (κ3) is 2.20. The Hall–Kier alpha value is -2.16. The molecule has 3 heteroatoms. The van der Waals surface area contributed by atoms with Gasteiger partial charge >= 0.3 is 0 Å². The quantitative estimate of drug-likeness (QED) is 0.836. The SMILES string of the molecule is Cc1ccc(C(=O)N(C)C2CCc3ccccc32)cn1. The van der Waals surface area contributed by atoms with Crippen molar-refractivity contribution in [1.29, 1.82) is 0 Å². The summed E-state index contributed by atoms with van der Waals surface area (Å²) in [5, 5.41) is 0. The van der Waals surface area contributed by atoms with E-state index in [0.717, 1.165) is 18.5 Å². The molecule has 1 atom stereocenters. The molecule has 0 saturated carbocycles. The number of benzene rings is 1. The Morgan fingerprint density at radius 1 is 1.25 bits per heavy atom. The Bertz CT molecular complexity index is 634. The molecule has 0 N–H and O–H groups in total. The third-order valence-corrected chi connectivity index (χ3v) is 4.05. The minimum Gasteiger partial charge on any atom is -0.335 e. The van der Waals surface area contributed by atoms with Gasteiger partial charge in [0.2, 0.25) is 0 Å². The molecule has 1 aliphatic carbocycles. The van der Waals surface area contributed by atoms with Crippen LogP contribution in [-0.2, 0) is 6.42 Å². The van der Waals surface area contributed by atoms with Gasteiger partial charge in [0.15, 0.2) is 0 Å². The molecule has 0 aliphatic heterocycles. The van der Waals surface area contributed by atoms with E-state index >= 15 is 0 Å². The second kappa shape index (κ2) is 5.08. The average molecular weight is 266 g/mol. The van der Waals surface area contributed by atoms with Crippen molar-refractivity contribution in [1.82, 2.24) is 9.88 Å². The number of carbonyl (C=O) groups is 1. The van der Waals surface area contributed by atoms with E-state index in [2.05, 4.69) is 23.2 Å². The molecule has 1 unspecified atom stereocenters. The maximum Gasteiger partial charge on any atom is 0.255 e. The summed E-state index contributed by atoms with van der Waals surface area (Å²) in [6.45, 7) is 1.92. The molecule has 1 aromatic carbocycles. The van der Waals surface area contributed by atoms with Gasteiger partial charge < -0.3 is 4.90 Å². The molecule has 1 aliphatic rings. The molecular weight excluding hydrogens is 248 g/mol. The summed E-state index contributed by atoms with van der Waals surface area (Å²) < 4.78 is 0. The normalized spacial score (nSPS) is 16.8. The molecule has 0 fully saturated rings. The number of aryl methyl sites for hydroxylation is 2. The number of pyridine rings is 1. The molecule has 2 aromatic rings. The number of nitrogens with zero attached hydrogens (tertiary/aromatic N) is 2. The zero-order chi connectivity index (χ0) is 14.1. The molecular formula is C17H18N2O. The van der Waals surface area contributed by atoms with Crippen LogP contribution in [0.4, 0.5) is 0 Å². The van der Waals surface area contributed by atoms with Crippen LogP contribution in [0.1, 0.15) is 39.6 Å². The molecule has 3 rings (SSSR count). The van der Waals surface area contributed by atoms with Gasteiger partial charge in [-0.3, -0.25) is 9.78 Å².